The first-order valence-electron chi connectivity index (χ1n) is 8.86. The Hall–Kier alpha value is -3.41. The summed E-state index contributed by atoms with van der Waals surface area (Å²) in [6, 6.07) is 18.0. The molecule has 0 aliphatic carbocycles. The van der Waals surface area contributed by atoms with Gasteiger partial charge < -0.3 is 16.0 Å². The topological polar surface area (TPSA) is 83.1 Å². The third-order valence-electron chi connectivity index (χ3n) is 4.18. The fourth-order valence-corrected chi connectivity index (χ4v) is 2.79. The van der Waals surface area contributed by atoms with Crippen LogP contribution in [0.4, 0.5) is 10.5 Å². The first-order chi connectivity index (χ1) is 13.1. The van der Waals surface area contributed by atoms with E-state index in [4.69, 9.17) is 0 Å². The summed E-state index contributed by atoms with van der Waals surface area (Å²) in [5, 5.41) is 9.26. The molecule has 3 N–H and O–H groups in total. The fraction of sp³-hybridized carbons (Fsp3) is 0.190. The summed E-state index contributed by atoms with van der Waals surface area (Å²) in [6.45, 7) is 2.13. The van der Waals surface area contributed by atoms with Gasteiger partial charge in [-0.2, -0.15) is 0 Å². The highest BCUT2D eigenvalue weighted by atomic mass is 16.2. The fourth-order valence-electron chi connectivity index (χ4n) is 2.79. The number of fused-ring (bicyclic) bond motifs is 1. The molecule has 0 fully saturated rings. The molecule has 0 bridgehead atoms. The molecule has 0 aliphatic rings. The molecule has 0 saturated carbocycles. The first-order valence-corrected chi connectivity index (χ1v) is 8.86. The highest BCUT2D eigenvalue weighted by Gasteiger charge is 2.15. The van der Waals surface area contributed by atoms with E-state index < -0.39 is 12.1 Å². The van der Waals surface area contributed by atoms with E-state index in [-0.39, 0.29) is 5.91 Å². The quantitative estimate of drug-likeness (QED) is 0.630. The molecule has 1 aromatic heterocycles. The maximum Gasteiger partial charge on any atom is 0.319 e. The summed E-state index contributed by atoms with van der Waals surface area (Å²) in [5.74, 6) is -0.230. The van der Waals surface area contributed by atoms with Crippen LogP contribution in [0, 0.1) is 0 Å². The van der Waals surface area contributed by atoms with Crippen molar-refractivity contribution in [3.05, 3.63) is 72.4 Å². The molecule has 27 heavy (non-hydrogen) atoms. The predicted octanol–water partition coefficient (Wildman–Crippen LogP) is 3.10. The number of pyridine rings is 1. The Morgan fingerprint density at radius 3 is 2.59 bits per heavy atom. The van der Waals surface area contributed by atoms with Gasteiger partial charge in [0, 0.05) is 23.8 Å². The van der Waals surface area contributed by atoms with E-state index in [1.165, 1.54) is 0 Å². The van der Waals surface area contributed by atoms with E-state index in [0.29, 0.717) is 18.7 Å². The molecule has 2 aromatic carbocycles. The average molecular weight is 362 g/mol. The zero-order chi connectivity index (χ0) is 19.1. The third-order valence-corrected chi connectivity index (χ3v) is 4.18. The second-order valence-electron chi connectivity index (χ2n) is 6.22. The second kappa shape index (κ2) is 8.80. The van der Waals surface area contributed by atoms with Gasteiger partial charge in [-0.15, -0.1) is 0 Å². The van der Waals surface area contributed by atoms with Crippen LogP contribution < -0.4 is 16.0 Å². The SMILES string of the molecule is C[C@@H](NC(=O)Nc1ccccc1)C(=O)NCCc1cccc2cccnc12. The molecule has 0 saturated heterocycles. The minimum Gasteiger partial charge on any atom is -0.354 e. The van der Waals surface area contributed by atoms with Crippen LogP contribution in [0.25, 0.3) is 10.9 Å². The molecule has 3 amide bonds. The Morgan fingerprint density at radius 1 is 1.00 bits per heavy atom. The number of benzene rings is 2. The molecule has 6 nitrogen and oxygen atoms in total. The Labute approximate surface area is 158 Å². The minimum atomic E-state index is -0.639. The molecule has 0 unspecified atom stereocenters. The van der Waals surface area contributed by atoms with E-state index >= 15 is 0 Å². The lowest BCUT2D eigenvalue weighted by molar-refractivity contribution is -0.122. The van der Waals surface area contributed by atoms with Gasteiger partial charge in [-0.25, -0.2) is 4.79 Å². The van der Waals surface area contributed by atoms with Crippen molar-refractivity contribution < 1.29 is 9.59 Å². The number of nitrogens with zero attached hydrogens (tertiary/aromatic N) is 1. The van der Waals surface area contributed by atoms with Gasteiger partial charge in [0.2, 0.25) is 5.91 Å². The summed E-state index contributed by atoms with van der Waals surface area (Å²) in [6.07, 6.45) is 2.44. The van der Waals surface area contributed by atoms with E-state index in [9.17, 15) is 9.59 Å². The van der Waals surface area contributed by atoms with Crippen molar-refractivity contribution in [1.29, 1.82) is 0 Å². The average Bonchev–Trinajstić information content (AvgIpc) is 2.68. The van der Waals surface area contributed by atoms with Gasteiger partial charge in [0.1, 0.15) is 6.04 Å². The second-order valence-corrected chi connectivity index (χ2v) is 6.22. The van der Waals surface area contributed by atoms with Crippen LogP contribution in [0.5, 0.6) is 0 Å². The zero-order valence-electron chi connectivity index (χ0n) is 15.1. The lowest BCUT2D eigenvalue weighted by atomic mass is 10.1. The number of aromatic nitrogens is 1. The molecular weight excluding hydrogens is 340 g/mol. The Kier molecular flexibility index (Phi) is 5.99. The number of carbonyl (C=O) groups is 2. The number of para-hydroxylation sites is 2. The van der Waals surface area contributed by atoms with Crippen LogP contribution in [0.3, 0.4) is 0 Å². The van der Waals surface area contributed by atoms with E-state index in [2.05, 4.69) is 20.9 Å². The maximum atomic E-state index is 12.2. The van der Waals surface area contributed by atoms with Crippen molar-refractivity contribution in [2.75, 3.05) is 11.9 Å². The van der Waals surface area contributed by atoms with Crippen molar-refractivity contribution in [2.45, 2.75) is 19.4 Å². The largest absolute Gasteiger partial charge is 0.354 e. The summed E-state index contributed by atoms with van der Waals surface area (Å²) >= 11 is 0. The lowest BCUT2D eigenvalue weighted by Crippen LogP contribution is -2.46. The maximum absolute atomic E-state index is 12.2. The Bertz CT molecular complexity index is 922. The molecule has 1 atom stereocenters. The molecule has 0 radical (unpaired) electrons. The number of hydrogen-bond donors (Lipinski definition) is 3. The highest BCUT2D eigenvalue weighted by Crippen LogP contribution is 2.15. The molecule has 3 aromatic rings. The minimum absolute atomic E-state index is 0.230. The van der Waals surface area contributed by atoms with E-state index in [0.717, 1.165) is 16.5 Å². The smallest absolute Gasteiger partial charge is 0.319 e. The van der Waals surface area contributed by atoms with Crippen LogP contribution in [0.1, 0.15) is 12.5 Å². The monoisotopic (exact) mass is 362 g/mol. The van der Waals surface area contributed by atoms with Gasteiger partial charge in [-0.1, -0.05) is 42.5 Å². The lowest BCUT2D eigenvalue weighted by Gasteiger charge is -2.15. The Balaban J connectivity index is 1.48. The van der Waals surface area contributed by atoms with Crippen LogP contribution in [-0.4, -0.2) is 29.5 Å². The number of anilines is 1. The number of amides is 3. The van der Waals surface area contributed by atoms with Gasteiger partial charge in [0.25, 0.3) is 0 Å². The molecule has 0 spiro atoms. The van der Waals surface area contributed by atoms with Crippen LogP contribution >= 0.6 is 0 Å². The molecule has 0 aliphatic heterocycles. The van der Waals surface area contributed by atoms with Crippen molar-refractivity contribution >= 4 is 28.5 Å². The number of hydrogen-bond acceptors (Lipinski definition) is 3. The highest BCUT2D eigenvalue weighted by molar-refractivity contribution is 5.93. The standard InChI is InChI=1S/C21H22N4O2/c1-15(24-21(27)25-18-10-3-2-4-11-18)20(26)23-14-12-17-8-5-7-16-9-6-13-22-19(16)17/h2-11,13,15H,12,14H2,1H3,(H,23,26)(H2,24,25,27)/t15-/m1/s1. The van der Waals surface area contributed by atoms with Gasteiger partial charge in [-0.3, -0.25) is 9.78 Å². The summed E-state index contributed by atoms with van der Waals surface area (Å²) in [4.78, 5) is 28.6. The third kappa shape index (κ3) is 5.04. The number of rotatable bonds is 6. The van der Waals surface area contributed by atoms with Crippen LogP contribution in [0.15, 0.2) is 66.9 Å². The van der Waals surface area contributed by atoms with Gasteiger partial charge >= 0.3 is 6.03 Å². The van der Waals surface area contributed by atoms with Gasteiger partial charge in [0.05, 0.1) is 5.52 Å². The normalized spacial score (nSPS) is 11.6. The molecule has 138 valence electrons. The van der Waals surface area contributed by atoms with E-state index in [1.807, 2.05) is 48.5 Å². The molecular formula is C21H22N4O2. The van der Waals surface area contributed by atoms with Crippen molar-refractivity contribution in [1.82, 2.24) is 15.6 Å². The number of nitrogens with one attached hydrogen (secondary N) is 3. The van der Waals surface area contributed by atoms with Crippen LogP contribution in [-0.2, 0) is 11.2 Å². The van der Waals surface area contributed by atoms with Gasteiger partial charge in [0.15, 0.2) is 0 Å². The van der Waals surface area contributed by atoms with Crippen molar-refractivity contribution in [3.8, 4) is 0 Å². The van der Waals surface area contributed by atoms with E-state index in [1.54, 1.807) is 25.3 Å². The van der Waals surface area contributed by atoms with Crippen molar-refractivity contribution in [2.24, 2.45) is 0 Å². The Morgan fingerprint density at radius 2 is 1.78 bits per heavy atom. The molecule has 6 heteroatoms. The first kappa shape index (κ1) is 18.4. The summed E-state index contributed by atoms with van der Waals surface area (Å²) < 4.78 is 0. The number of carbonyl (C=O) groups excluding carboxylic acids is 2. The van der Waals surface area contributed by atoms with Gasteiger partial charge in [-0.05, 0) is 37.1 Å². The summed E-state index contributed by atoms with van der Waals surface area (Å²) in [7, 11) is 0. The van der Waals surface area contributed by atoms with Crippen molar-refractivity contribution in [3.63, 3.8) is 0 Å². The van der Waals surface area contributed by atoms with Crippen LogP contribution in [0.2, 0.25) is 0 Å². The molecule has 3 rings (SSSR count). The molecule has 1 heterocycles. The number of urea groups is 1. The predicted molar refractivity (Wildman–Crippen MR) is 107 cm³/mol. The summed E-state index contributed by atoms with van der Waals surface area (Å²) in [5.41, 5.74) is 2.70. The zero-order valence-corrected chi connectivity index (χ0v) is 15.1.